The fourth-order valence-electron chi connectivity index (χ4n) is 4.46. The van der Waals surface area contributed by atoms with Crippen LogP contribution in [0, 0.1) is 0 Å². The van der Waals surface area contributed by atoms with Gasteiger partial charge in [-0.3, -0.25) is 14.4 Å². The summed E-state index contributed by atoms with van der Waals surface area (Å²) < 4.78 is 12.6. The highest BCUT2D eigenvalue weighted by Crippen LogP contribution is 2.23. The maximum absolute atomic E-state index is 13.1. The summed E-state index contributed by atoms with van der Waals surface area (Å²) in [6.07, 6.45) is 4.43. The molecule has 11 heteroatoms. The molecule has 11 nitrogen and oxygen atoms in total. The molecule has 0 spiro atoms. The summed E-state index contributed by atoms with van der Waals surface area (Å²) in [4.78, 5) is 52.6. The highest BCUT2D eigenvalue weighted by atomic mass is 16.6. The minimum atomic E-state index is -0.900. The molecule has 1 aromatic carbocycles. The van der Waals surface area contributed by atoms with E-state index in [1.54, 1.807) is 37.8 Å². The summed E-state index contributed by atoms with van der Waals surface area (Å²) in [6, 6.07) is 9.25. The molecule has 39 heavy (non-hydrogen) atoms. The summed E-state index contributed by atoms with van der Waals surface area (Å²) in [5, 5.41) is 10.0. The Morgan fingerprint density at radius 3 is 2.44 bits per heavy atom. The predicted octanol–water partition coefficient (Wildman–Crippen LogP) is 2.37. The summed E-state index contributed by atoms with van der Waals surface area (Å²) in [5.74, 6) is -1.41. The largest absolute Gasteiger partial charge is 0.467 e. The van der Waals surface area contributed by atoms with Gasteiger partial charge in [0.1, 0.15) is 17.7 Å². The van der Waals surface area contributed by atoms with E-state index in [2.05, 4.69) is 15.7 Å². The Hall–Kier alpha value is -3.89. The lowest BCUT2D eigenvalue weighted by atomic mass is 9.93. The topological polar surface area (TPSA) is 132 Å². The third-order valence-corrected chi connectivity index (χ3v) is 6.69. The molecule has 1 saturated carbocycles. The third-order valence-electron chi connectivity index (χ3n) is 6.69. The van der Waals surface area contributed by atoms with E-state index in [0.717, 1.165) is 25.7 Å². The average molecular weight is 540 g/mol. The number of carbonyl (C=O) groups excluding carboxylic acids is 4. The monoisotopic (exact) mass is 539 g/mol. The quantitative estimate of drug-likeness (QED) is 0.468. The number of nitrogens with one attached hydrogen (secondary N) is 2. The molecule has 1 aromatic heterocycles. The highest BCUT2D eigenvalue weighted by Gasteiger charge is 2.36. The number of benzene rings is 1. The fourth-order valence-corrected chi connectivity index (χ4v) is 4.46. The highest BCUT2D eigenvalue weighted by molar-refractivity contribution is 5.95. The molecular formula is C28H37N5O6. The maximum atomic E-state index is 13.1. The van der Waals surface area contributed by atoms with E-state index >= 15 is 0 Å². The van der Waals surface area contributed by atoms with Crippen molar-refractivity contribution in [3.63, 3.8) is 0 Å². The number of likely N-dealkylation sites (tertiary alicyclic amines) is 1. The number of aromatic nitrogens is 2. The molecule has 4 rings (SSSR count). The second kappa shape index (κ2) is 11.9. The second-order valence-electron chi connectivity index (χ2n) is 11.0. The first-order chi connectivity index (χ1) is 18.5. The summed E-state index contributed by atoms with van der Waals surface area (Å²) in [6.45, 7) is 6.94. The van der Waals surface area contributed by atoms with Crippen molar-refractivity contribution in [1.82, 2.24) is 25.3 Å². The van der Waals surface area contributed by atoms with Crippen LogP contribution < -0.4 is 15.4 Å². The van der Waals surface area contributed by atoms with Gasteiger partial charge in [-0.05, 0) is 71.9 Å². The molecule has 1 aliphatic heterocycles. The zero-order chi connectivity index (χ0) is 28.2. The van der Waals surface area contributed by atoms with Gasteiger partial charge in [0.15, 0.2) is 12.3 Å². The molecule has 1 saturated heterocycles. The Morgan fingerprint density at radius 1 is 1.08 bits per heavy atom. The lowest BCUT2D eigenvalue weighted by Gasteiger charge is -2.30. The molecule has 0 bridgehead atoms. The first kappa shape index (κ1) is 28.1. The molecule has 2 aromatic rings. The van der Waals surface area contributed by atoms with Crippen LogP contribution in [-0.2, 0) is 19.1 Å². The van der Waals surface area contributed by atoms with Crippen LogP contribution in [0.5, 0.6) is 5.88 Å². The molecular weight excluding hydrogens is 502 g/mol. The molecule has 2 N–H and O–H groups in total. The number of ether oxygens (including phenoxy) is 2. The molecule has 2 fully saturated rings. The van der Waals surface area contributed by atoms with E-state index in [4.69, 9.17) is 9.47 Å². The van der Waals surface area contributed by atoms with Gasteiger partial charge < -0.3 is 25.0 Å². The number of carbonyl (C=O) groups is 4. The molecule has 2 atom stereocenters. The Kier molecular flexibility index (Phi) is 8.57. The number of nitrogens with zero attached hydrogens (tertiary/aromatic N) is 3. The van der Waals surface area contributed by atoms with E-state index in [1.165, 1.54) is 17.7 Å². The molecule has 1 aliphatic carbocycles. The van der Waals surface area contributed by atoms with Gasteiger partial charge in [0.25, 0.3) is 11.8 Å². The van der Waals surface area contributed by atoms with Gasteiger partial charge in [-0.2, -0.15) is 5.10 Å². The van der Waals surface area contributed by atoms with Gasteiger partial charge in [0.2, 0.25) is 11.8 Å². The van der Waals surface area contributed by atoms with Crippen molar-refractivity contribution in [2.75, 3.05) is 13.2 Å². The van der Waals surface area contributed by atoms with E-state index in [0.29, 0.717) is 18.7 Å². The lowest BCUT2D eigenvalue weighted by molar-refractivity contribution is -0.156. The molecule has 2 aliphatic rings. The molecule has 0 unspecified atom stereocenters. The molecule has 2 heterocycles. The minimum absolute atomic E-state index is 0.00985. The molecule has 210 valence electrons. The van der Waals surface area contributed by atoms with Crippen LogP contribution in [0.1, 0.15) is 70.3 Å². The van der Waals surface area contributed by atoms with Crippen molar-refractivity contribution in [3.8, 4) is 11.6 Å². The van der Waals surface area contributed by atoms with E-state index in [9.17, 15) is 19.2 Å². The first-order valence-electron chi connectivity index (χ1n) is 13.4. The van der Waals surface area contributed by atoms with Crippen molar-refractivity contribution in [1.29, 1.82) is 0 Å². The zero-order valence-corrected chi connectivity index (χ0v) is 22.9. The van der Waals surface area contributed by atoms with Crippen LogP contribution >= 0.6 is 0 Å². The lowest BCUT2D eigenvalue weighted by Crippen LogP contribution is -2.51. The third kappa shape index (κ3) is 7.15. The van der Waals surface area contributed by atoms with Crippen molar-refractivity contribution in [3.05, 3.63) is 42.1 Å². The number of hydrogen-bond donors (Lipinski definition) is 2. The van der Waals surface area contributed by atoms with Crippen LogP contribution in [0.15, 0.2) is 36.4 Å². The number of esters is 1. The van der Waals surface area contributed by atoms with E-state index in [1.807, 2.05) is 18.2 Å². The normalized spacial score (nSPS) is 18.2. The first-order valence-corrected chi connectivity index (χ1v) is 13.4. The number of hydrogen-bond acceptors (Lipinski definition) is 7. The van der Waals surface area contributed by atoms with Crippen LogP contribution in [0.4, 0.5) is 0 Å². The van der Waals surface area contributed by atoms with E-state index in [-0.39, 0.29) is 36.0 Å². The van der Waals surface area contributed by atoms with Gasteiger partial charge in [0, 0.05) is 18.7 Å². The Morgan fingerprint density at radius 2 is 1.79 bits per heavy atom. The number of para-hydroxylation sites is 1. The molecule has 3 amide bonds. The smallest absolute Gasteiger partial charge is 0.328 e. The van der Waals surface area contributed by atoms with Gasteiger partial charge in [-0.1, -0.05) is 18.2 Å². The van der Waals surface area contributed by atoms with Crippen molar-refractivity contribution >= 4 is 23.7 Å². The zero-order valence-electron chi connectivity index (χ0n) is 22.9. The molecule has 0 radical (unpaired) electrons. The van der Waals surface area contributed by atoms with E-state index < -0.39 is 29.6 Å². The SMILES string of the molecule is C[C@H](NC(=O)c1cc(OCC(=O)N2CCC[C@H]2C(=O)NC2CCC2)n(-c2ccccc2)n1)C(=O)OC(C)(C)C. The van der Waals surface area contributed by atoms with Crippen LogP contribution in [-0.4, -0.2) is 75.2 Å². The second-order valence-corrected chi connectivity index (χ2v) is 11.0. The van der Waals surface area contributed by atoms with Crippen LogP contribution in [0.3, 0.4) is 0 Å². The van der Waals surface area contributed by atoms with Crippen molar-refractivity contribution < 1.29 is 28.7 Å². The van der Waals surface area contributed by atoms with Crippen LogP contribution in [0.2, 0.25) is 0 Å². The van der Waals surface area contributed by atoms with Crippen molar-refractivity contribution in [2.45, 2.75) is 83.5 Å². The number of rotatable bonds is 9. The average Bonchev–Trinajstić information content (AvgIpc) is 3.52. The predicted molar refractivity (Wildman–Crippen MR) is 142 cm³/mol. The van der Waals surface area contributed by atoms with Gasteiger partial charge in [-0.15, -0.1) is 0 Å². The summed E-state index contributed by atoms with van der Waals surface area (Å²) >= 11 is 0. The summed E-state index contributed by atoms with van der Waals surface area (Å²) in [5.41, 5.74) is -0.0566. The van der Waals surface area contributed by atoms with Gasteiger partial charge in [-0.25, -0.2) is 9.48 Å². The Balaban J connectivity index is 1.45. The van der Waals surface area contributed by atoms with Gasteiger partial charge >= 0.3 is 5.97 Å². The number of amides is 3. The van der Waals surface area contributed by atoms with Crippen LogP contribution in [0.25, 0.3) is 5.69 Å². The van der Waals surface area contributed by atoms with Gasteiger partial charge in [0.05, 0.1) is 5.69 Å². The Labute approximate surface area is 228 Å². The fraction of sp³-hybridized carbons (Fsp3) is 0.536. The van der Waals surface area contributed by atoms with Crippen molar-refractivity contribution in [2.24, 2.45) is 0 Å². The Bertz CT molecular complexity index is 1200. The maximum Gasteiger partial charge on any atom is 0.328 e. The standard InChI is InChI=1S/C28H37N5O6/c1-18(27(37)39-28(2,3)4)29-25(35)21-16-24(33(31-21)20-12-6-5-7-13-20)38-17-23(34)32-15-9-14-22(32)26(36)30-19-10-8-11-19/h5-7,12-13,16,18-19,22H,8-11,14-15,17H2,1-4H3,(H,29,35)(H,30,36)/t18-,22-/m0/s1. The minimum Gasteiger partial charge on any atom is -0.467 e. The summed E-state index contributed by atoms with van der Waals surface area (Å²) in [7, 11) is 0.